The number of rotatable bonds is 4. The first-order chi connectivity index (χ1) is 9.65. The lowest BCUT2D eigenvalue weighted by atomic mass is 9.87. The first-order valence-electron chi connectivity index (χ1n) is 6.64. The lowest BCUT2D eigenvalue weighted by molar-refractivity contribution is -0.143. The molecule has 1 saturated heterocycles. The van der Waals surface area contributed by atoms with Crippen LogP contribution in [0.1, 0.15) is 6.92 Å². The highest BCUT2D eigenvalue weighted by Gasteiger charge is 2.35. The molecule has 0 aliphatic carbocycles. The second-order valence-electron chi connectivity index (χ2n) is 5.17. The number of hydrogen-bond acceptors (Lipinski definition) is 4. The molecule has 104 valence electrons. The van der Waals surface area contributed by atoms with Gasteiger partial charge in [-0.05, 0) is 0 Å². The highest BCUT2D eigenvalue weighted by molar-refractivity contribution is 7.14. The number of carboxylic acid groups (broad SMARTS) is 1. The van der Waals surface area contributed by atoms with Crippen molar-refractivity contribution in [3.05, 3.63) is 35.7 Å². The summed E-state index contributed by atoms with van der Waals surface area (Å²) < 4.78 is 0. The molecular weight excluding hydrogens is 272 g/mol. The van der Waals surface area contributed by atoms with Crippen LogP contribution in [0.15, 0.2) is 35.7 Å². The lowest BCUT2D eigenvalue weighted by Gasteiger charge is -2.41. The summed E-state index contributed by atoms with van der Waals surface area (Å²) in [4.78, 5) is 17.7. The van der Waals surface area contributed by atoms with E-state index < -0.39 is 5.97 Å². The molecule has 1 aliphatic heterocycles. The van der Waals surface area contributed by atoms with Crippen LogP contribution < -0.4 is 4.90 Å². The Bertz CT molecular complexity index is 605. The molecular formula is C15H16N2O2S. The molecule has 2 aromatic rings. The fraction of sp³-hybridized carbons (Fsp3) is 0.333. The average molecular weight is 288 g/mol. The molecule has 1 aliphatic rings. The van der Waals surface area contributed by atoms with Crippen LogP contribution in [0.25, 0.3) is 11.3 Å². The predicted octanol–water partition coefficient (Wildman–Crippen LogP) is 2.97. The number of nitrogens with zero attached hydrogens (tertiary/aromatic N) is 2. The van der Waals surface area contributed by atoms with Crippen molar-refractivity contribution in [1.82, 2.24) is 4.98 Å². The SMILES string of the molecule is CC(C(=O)O)C1CN(c2nc(-c3ccccc3)cs2)C1. The first-order valence-corrected chi connectivity index (χ1v) is 7.52. The van der Waals surface area contributed by atoms with Gasteiger partial charge in [0.25, 0.3) is 0 Å². The zero-order valence-corrected chi connectivity index (χ0v) is 12.0. The Morgan fingerprint density at radius 2 is 2.10 bits per heavy atom. The van der Waals surface area contributed by atoms with Crippen LogP contribution in [0.3, 0.4) is 0 Å². The van der Waals surface area contributed by atoms with Gasteiger partial charge < -0.3 is 10.0 Å². The van der Waals surface area contributed by atoms with Gasteiger partial charge in [0.1, 0.15) is 0 Å². The summed E-state index contributed by atoms with van der Waals surface area (Å²) in [5, 5.41) is 12.0. The Kier molecular flexibility index (Phi) is 3.44. The number of hydrogen-bond donors (Lipinski definition) is 1. The van der Waals surface area contributed by atoms with E-state index in [2.05, 4.69) is 15.3 Å². The number of aromatic nitrogens is 1. The molecule has 0 spiro atoms. The molecule has 3 rings (SSSR count). The minimum Gasteiger partial charge on any atom is -0.481 e. The van der Waals surface area contributed by atoms with Gasteiger partial charge in [0.05, 0.1) is 11.6 Å². The summed E-state index contributed by atoms with van der Waals surface area (Å²) in [6.45, 7) is 3.35. The largest absolute Gasteiger partial charge is 0.481 e. The van der Waals surface area contributed by atoms with Gasteiger partial charge in [0, 0.05) is 30.0 Å². The van der Waals surface area contributed by atoms with Crippen LogP contribution in [-0.2, 0) is 4.79 Å². The fourth-order valence-electron chi connectivity index (χ4n) is 2.34. The van der Waals surface area contributed by atoms with E-state index in [-0.39, 0.29) is 11.8 Å². The molecule has 5 heteroatoms. The molecule has 0 radical (unpaired) electrons. The summed E-state index contributed by atoms with van der Waals surface area (Å²) in [5.74, 6) is -0.754. The van der Waals surface area contributed by atoms with Crippen molar-refractivity contribution in [2.45, 2.75) is 6.92 Å². The molecule has 1 aromatic carbocycles. The number of benzene rings is 1. The van der Waals surface area contributed by atoms with Crippen LogP contribution in [0, 0.1) is 11.8 Å². The quantitative estimate of drug-likeness (QED) is 0.939. The van der Waals surface area contributed by atoms with Gasteiger partial charge in [-0.3, -0.25) is 4.79 Å². The molecule has 0 amide bonds. The van der Waals surface area contributed by atoms with E-state index >= 15 is 0 Å². The number of carboxylic acids is 1. The molecule has 4 nitrogen and oxygen atoms in total. The summed E-state index contributed by atoms with van der Waals surface area (Å²) in [6.07, 6.45) is 0. The van der Waals surface area contributed by atoms with Crippen molar-refractivity contribution in [2.75, 3.05) is 18.0 Å². The van der Waals surface area contributed by atoms with Crippen LogP contribution in [0.5, 0.6) is 0 Å². The Labute approximate surface area is 121 Å². The Morgan fingerprint density at radius 1 is 1.40 bits per heavy atom. The molecule has 1 N–H and O–H groups in total. The summed E-state index contributed by atoms with van der Waals surface area (Å²) in [7, 11) is 0. The molecule has 1 fully saturated rings. The number of carbonyl (C=O) groups is 1. The van der Waals surface area contributed by atoms with Gasteiger partial charge in [-0.1, -0.05) is 37.3 Å². The topological polar surface area (TPSA) is 53.4 Å². The van der Waals surface area contributed by atoms with E-state index in [1.54, 1.807) is 18.3 Å². The zero-order valence-electron chi connectivity index (χ0n) is 11.2. The van der Waals surface area contributed by atoms with E-state index in [4.69, 9.17) is 5.11 Å². The molecule has 1 aromatic heterocycles. The molecule has 1 atom stereocenters. The smallest absolute Gasteiger partial charge is 0.306 e. The van der Waals surface area contributed by atoms with E-state index in [1.165, 1.54) is 0 Å². The normalized spacial score (nSPS) is 16.8. The molecule has 1 unspecified atom stereocenters. The van der Waals surface area contributed by atoms with E-state index in [9.17, 15) is 4.79 Å². The van der Waals surface area contributed by atoms with Crippen LogP contribution in [-0.4, -0.2) is 29.1 Å². The van der Waals surface area contributed by atoms with Crippen molar-refractivity contribution < 1.29 is 9.90 Å². The highest BCUT2D eigenvalue weighted by atomic mass is 32.1. The molecule has 20 heavy (non-hydrogen) atoms. The maximum atomic E-state index is 10.9. The van der Waals surface area contributed by atoms with E-state index in [1.807, 2.05) is 30.3 Å². The molecule has 2 heterocycles. The number of thiazole rings is 1. The third-order valence-corrected chi connectivity index (χ3v) is 4.74. The van der Waals surface area contributed by atoms with Crippen molar-refractivity contribution in [3.63, 3.8) is 0 Å². The minimum atomic E-state index is -0.709. The van der Waals surface area contributed by atoms with Gasteiger partial charge in [-0.15, -0.1) is 11.3 Å². The predicted molar refractivity (Wildman–Crippen MR) is 80.1 cm³/mol. The summed E-state index contributed by atoms with van der Waals surface area (Å²) >= 11 is 1.62. The van der Waals surface area contributed by atoms with Crippen LogP contribution >= 0.6 is 11.3 Å². The molecule has 0 bridgehead atoms. The lowest BCUT2D eigenvalue weighted by Crippen LogP contribution is -2.51. The maximum absolute atomic E-state index is 10.9. The Balaban J connectivity index is 1.67. The van der Waals surface area contributed by atoms with Gasteiger partial charge in [0.2, 0.25) is 0 Å². The van der Waals surface area contributed by atoms with Crippen LogP contribution in [0.2, 0.25) is 0 Å². The summed E-state index contributed by atoms with van der Waals surface area (Å²) in [6, 6.07) is 10.1. The van der Waals surface area contributed by atoms with Gasteiger partial charge >= 0.3 is 5.97 Å². The van der Waals surface area contributed by atoms with Gasteiger partial charge in [-0.25, -0.2) is 4.98 Å². The maximum Gasteiger partial charge on any atom is 0.306 e. The monoisotopic (exact) mass is 288 g/mol. The van der Waals surface area contributed by atoms with E-state index in [0.717, 1.165) is 29.5 Å². The number of anilines is 1. The average Bonchev–Trinajstić information content (AvgIpc) is 2.87. The van der Waals surface area contributed by atoms with Crippen LogP contribution in [0.4, 0.5) is 5.13 Å². The van der Waals surface area contributed by atoms with Gasteiger partial charge in [0.15, 0.2) is 5.13 Å². The van der Waals surface area contributed by atoms with Crippen molar-refractivity contribution >= 4 is 22.4 Å². The Morgan fingerprint density at radius 3 is 2.75 bits per heavy atom. The van der Waals surface area contributed by atoms with E-state index in [0.29, 0.717) is 0 Å². The third kappa shape index (κ3) is 2.41. The minimum absolute atomic E-state index is 0.233. The highest BCUT2D eigenvalue weighted by Crippen LogP contribution is 2.33. The van der Waals surface area contributed by atoms with Crippen molar-refractivity contribution in [1.29, 1.82) is 0 Å². The first kappa shape index (κ1) is 13.1. The standard InChI is InChI=1S/C15H16N2O2S/c1-10(14(18)19)12-7-17(8-12)15-16-13(9-20-15)11-5-3-2-4-6-11/h2-6,9-10,12H,7-8H2,1H3,(H,18,19). The second-order valence-corrected chi connectivity index (χ2v) is 6.01. The Hall–Kier alpha value is -1.88. The van der Waals surface area contributed by atoms with Crippen molar-refractivity contribution in [3.8, 4) is 11.3 Å². The van der Waals surface area contributed by atoms with Crippen molar-refractivity contribution in [2.24, 2.45) is 11.8 Å². The second kappa shape index (κ2) is 5.25. The number of aliphatic carboxylic acids is 1. The zero-order chi connectivity index (χ0) is 14.1. The van der Waals surface area contributed by atoms with Gasteiger partial charge in [-0.2, -0.15) is 0 Å². The third-order valence-electron chi connectivity index (χ3n) is 3.84. The fourth-order valence-corrected chi connectivity index (χ4v) is 3.19. The summed E-state index contributed by atoms with van der Waals surface area (Å²) in [5.41, 5.74) is 2.10. The molecule has 0 saturated carbocycles.